The van der Waals surface area contributed by atoms with Crippen molar-refractivity contribution in [2.24, 2.45) is 0 Å². The summed E-state index contributed by atoms with van der Waals surface area (Å²) in [7, 11) is 3.00. The van der Waals surface area contributed by atoms with Crippen molar-refractivity contribution in [2.75, 3.05) is 45.3 Å². The van der Waals surface area contributed by atoms with E-state index < -0.39 is 11.7 Å². The SMILES string of the molecule is COc1cc2nc(CN3CCN(c4ncc(C(F)(F)F)cc4Cl)CC3)[nH]c(=O)c2cc1OC. The summed E-state index contributed by atoms with van der Waals surface area (Å²) in [5.74, 6) is 1.74. The number of pyridine rings is 1. The molecule has 0 amide bonds. The number of ether oxygens (including phenoxy) is 2. The first-order valence-electron chi connectivity index (χ1n) is 10.0. The zero-order chi connectivity index (χ0) is 23.8. The van der Waals surface area contributed by atoms with E-state index in [0.717, 1.165) is 12.3 Å². The average Bonchev–Trinajstić information content (AvgIpc) is 2.78. The number of piperazine rings is 1. The van der Waals surface area contributed by atoms with Crippen molar-refractivity contribution in [3.63, 3.8) is 0 Å². The summed E-state index contributed by atoms with van der Waals surface area (Å²) < 4.78 is 49.1. The van der Waals surface area contributed by atoms with Gasteiger partial charge in [0.15, 0.2) is 11.5 Å². The topological polar surface area (TPSA) is 83.6 Å². The number of rotatable bonds is 5. The van der Waals surface area contributed by atoms with Gasteiger partial charge in [-0.2, -0.15) is 13.2 Å². The molecule has 0 bridgehead atoms. The van der Waals surface area contributed by atoms with Crippen molar-refractivity contribution >= 4 is 28.3 Å². The molecule has 1 N–H and O–H groups in total. The summed E-state index contributed by atoms with van der Waals surface area (Å²) >= 11 is 6.07. The second kappa shape index (κ2) is 9.06. The van der Waals surface area contributed by atoms with Gasteiger partial charge in [0.2, 0.25) is 0 Å². The fourth-order valence-corrected chi connectivity index (χ4v) is 4.02. The number of aromatic nitrogens is 3. The number of methoxy groups -OCH3 is 2. The summed E-state index contributed by atoms with van der Waals surface area (Å²) in [6.07, 6.45) is -3.70. The maximum absolute atomic E-state index is 12.8. The Balaban J connectivity index is 1.46. The molecule has 0 unspecified atom stereocenters. The van der Waals surface area contributed by atoms with Crippen LogP contribution in [0.2, 0.25) is 5.02 Å². The van der Waals surface area contributed by atoms with Crippen LogP contribution in [0.25, 0.3) is 10.9 Å². The lowest BCUT2D eigenvalue weighted by molar-refractivity contribution is -0.137. The highest BCUT2D eigenvalue weighted by Gasteiger charge is 2.32. The van der Waals surface area contributed by atoms with E-state index in [-0.39, 0.29) is 10.6 Å². The summed E-state index contributed by atoms with van der Waals surface area (Å²) in [6.45, 7) is 2.61. The molecule has 4 rings (SSSR count). The van der Waals surface area contributed by atoms with Gasteiger partial charge in [-0.25, -0.2) is 9.97 Å². The van der Waals surface area contributed by atoms with Crippen molar-refractivity contribution in [3.05, 3.63) is 51.2 Å². The number of anilines is 1. The molecular weight excluding hydrogens is 463 g/mol. The maximum Gasteiger partial charge on any atom is 0.417 e. The van der Waals surface area contributed by atoms with Crippen LogP contribution in [-0.2, 0) is 12.7 Å². The molecule has 1 fully saturated rings. The van der Waals surface area contributed by atoms with Gasteiger partial charge in [0.1, 0.15) is 11.6 Å². The van der Waals surface area contributed by atoms with E-state index in [4.69, 9.17) is 21.1 Å². The third-order valence-electron chi connectivity index (χ3n) is 5.45. The average molecular weight is 484 g/mol. The Bertz CT molecular complexity index is 1230. The predicted octanol–water partition coefficient (Wildman–Crippen LogP) is 3.33. The quantitative estimate of drug-likeness (QED) is 0.596. The molecule has 0 atom stereocenters. The van der Waals surface area contributed by atoms with Crippen molar-refractivity contribution in [1.29, 1.82) is 0 Å². The van der Waals surface area contributed by atoms with E-state index >= 15 is 0 Å². The summed E-state index contributed by atoms with van der Waals surface area (Å²) in [5, 5.41) is 0.354. The Morgan fingerprint density at radius 1 is 1.09 bits per heavy atom. The molecule has 3 aromatic rings. The molecule has 0 aliphatic carbocycles. The Kier molecular flexibility index (Phi) is 6.35. The van der Waals surface area contributed by atoms with Crippen molar-refractivity contribution < 1.29 is 22.6 Å². The van der Waals surface area contributed by atoms with E-state index in [0.29, 0.717) is 66.8 Å². The Morgan fingerprint density at radius 2 is 1.76 bits per heavy atom. The largest absolute Gasteiger partial charge is 0.493 e. The Hall–Kier alpha value is -3.05. The van der Waals surface area contributed by atoms with Crippen LogP contribution < -0.4 is 19.9 Å². The molecule has 1 saturated heterocycles. The fraction of sp³-hybridized carbons (Fsp3) is 0.381. The number of halogens is 4. The number of nitrogens with one attached hydrogen (secondary N) is 1. The molecule has 0 saturated carbocycles. The van der Waals surface area contributed by atoms with E-state index in [1.54, 1.807) is 12.1 Å². The Labute approximate surface area is 191 Å². The van der Waals surface area contributed by atoms with Gasteiger partial charge in [-0.05, 0) is 12.1 Å². The highest BCUT2D eigenvalue weighted by molar-refractivity contribution is 6.33. The van der Waals surface area contributed by atoms with Crippen LogP contribution in [0.5, 0.6) is 11.5 Å². The van der Waals surface area contributed by atoms with Gasteiger partial charge in [-0.15, -0.1) is 0 Å². The smallest absolute Gasteiger partial charge is 0.417 e. The number of hydrogen-bond acceptors (Lipinski definition) is 7. The van der Waals surface area contributed by atoms with Gasteiger partial charge in [0, 0.05) is 38.4 Å². The van der Waals surface area contributed by atoms with Gasteiger partial charge in [-0.3, -0.25) is 9.69 Å². The molecule has 33 heavy (non-hydrogen) atoms. The Morgan fingerprint density at radius 3 is 2.36 bits per heavy atom. The van der Waals surface area contributed by atoms with Crippen LogP contribution in [0, 0.1) is 0 Å². The van der Waals surface area contributed by atoms with E-state index in [2.05, 4.69) is 19.9 Å². The van der Waals surface area contributed by atoms with Gasteiger partial charge in [0.25, 0.3) is 5.56 Å². The molecule has 0 radical (unpaired) electrons. The molecule has 1 aliphatic rings. The van der Waals surface area contributed by atoms with Crippen LogP contribution in [0.1, 0.15) is 11.4 Å². The lowest BCUT2D eigenvalue weighted by atomic mass is 10.2. The van der Waals surface area contributed by atoms with E-state index in [9.17, 15) is 18.0 Å². The zero-order valence-corrected chi connectivity index (χ0v) is 18.6. The highest BCUT2D eigenvalue weighted by Crippen LogP contribution is 2.34. The number of hydrogen-bond donors (Lipinski definition) is 1. The van der Waals surface area contributed by atoms with Crippen molar-refractivity contribution in [2.45, 2.75) is 12.7 Å². The molecular formula is C21H21ClF3N5O3. The van der Waals surface area contributed by atoms with Crippen LogP contribution in [0.15, 0.2) is 29.2 Å². The number of benzene rings is 1. The predicted molar refractivity (Wildman–Crippen MR) is 117 cm³/mol. The molecule has 1 aromatic carbocycles. The summed E-state index contributed by atoms with van der Waals surface area (Å²) in [4.78, 5) is 27.8. The fourth-order valence-electron chi connectivity index (χ4n) is 3.74. The lowest BCUT2D eigenvalue weighted by Crippen LogP contribution is -2.46. The van der Waals surface area contributed by atoms with E-state index in [1.165, 1.54) is 14.2 Å². The van der Waals surface area contributed by atoms with Gasteiger partial charge in [-0.1, -0.05) is 11.6 Å². The van der Waals surface area contributed by atoms with Crippen molar-refractivity contribution in [1.82, 2.24) is 19.9 Å². The third-order valence-corrected chi connectivity index (χ3v) is 5.73. The maximum atomic E-state index is 12.8. The minimum Gasteiger partial charge on any atom is -0.493 e. The normalized spacial score (nSPS) is 15.2. The van der Waals surface area contributed by atoms with Gasteiger partial charge >= 0.3 is 6.18 Å². The highest BCUT2D eigenvalue weighted by atomic mass is 35.5. The van der Waals surface area contributed by atoms with Crippen LogP contribution in [0.3, 0.4) is 0 Å². The van der Waals surface area contributed by atoms with Crippen LogP contribution in [0.4, 0.5) is 19.0 Å². The number of H-pyrrole nitrogens is 1. The summed E-state index contributed by atoms with van der Waals surface area (Å²) in [6, 6.07) is 4.13. The summed E-state index contributed by atoms with van der Waals surface area (Å²) in [5.41, 5.74) is -0.670. The standard InChI is InChI=1S/C21H21ClF3N5O3/c1-32-16-8-13-15(9-17(16)33-2)27-18(28-20(13)31)11-29-3-5-30(6-4-29)19-14(22)7-12(10-26-19)21(23,24)25/h7-10H,3-6,11H2,1-2H3,(H,27,28,31). The second-order valence-corrected chi connectivity index (χ2v) is 7.93. The molecule has 3 heterocycles. The molecule has 2 aromatic heterocycles. The minimum absolute atomic E-state index is 0.0387. The minimum atomic E-state index is -4.49. The lowest BCUT2D eigenvalue weighted by Gasteiger charge is -2.35. The van der Waals surface area contributed by atoms with E-state index in [1.807, 2.05) is 4.90 Å². The first-order chi connectivity index (χ1) is 15.7. The number of aromatic amines is 1. The van der Waals surface area contributed by atoms with Gasteiger partial charge in [0.05, 0.1) is 42.3 Å². The number of fused-ring (bicyclic) bond motifs is 1. The first-order valence-corrected chi connectivity index (χ1v) is 10.4. The first kappa shape index (κ1) is 23.1. The van der Waals surface area contributed by atoms with Crippen LogP contribution in [-0.4, -0.2) is 60.3 Å². The molecule has 1 aliphatic heterocycles. The second-order valence-electron chi connectivity index (χ2n) is 7.53. The number of alkyl halides is 3. The zero-order valence-electron chi connectivity index (χ0n) is 17.9. The van der Waals surface area contributed by atoms with Crippen molar-refractivity contribution in [3.8, 4) is 11.5 Å². The molecule has 176 valence electrons. The molecule has 12 heteroatoms. The van der Waals surface area contributed by atoms with Crippen LogP contribution >= 0.6 is 11.6 Å². The molecule has 8 nitrogen and oxygen atoms in total. The monoisotopic (exact) mass is 483 g/mol. The third kappa shape index (κ3) is 4.83. The molecule has 0 spiro atoms. The van der Waals surface area contributed by atoms with Gasteiger partial charge < -0.3 is 19.4 Å². The number of nitrogens with zero attached hydrogens (tertiary/aromatic N) is 4.